The van der Waals surface area contributed by atoms with Crippen LogP contribution >= 0.6 is 0 Å². The van der Waals surface area contributed by atoms with Gasteiger partial charge in [-0.15, -0.1) is 0 Å². The van der Waals surface area contributed by atoms with Crippen LogP contribution in [-0.4, -0.2) is 28.6 Å². The van der Waals surface area contributed by atoms with Gasteiger partial charge >= 0.3 is 0 Å². The zero-order valence-corrected chi connectivity index (χ0v) is 15.2. The van der Waals surface area contributed by atoms with Crippen molar-refractivity contribution in [2.45, 2.75) is 75.9 Å². The molecule has 1 aromatic heterocycles. The van der Waals surface area contributed by atoms with Gasteiger partial charge in [-0.25, -0.2) is 0 Å². The van der Waals surface area contributed by atoms with Crippen LogP contribution in [-0.2, 0) is 6.42 Å². The summed E-state index contributed by atoms with van der Waals surface area (Å²) in [6.45, 7) is 0. The van der Waals surface area contributed by atoms with Gasteiger partial charge in [-0.1, -0.05) is 24.1 Å². The second-order valence-electron chi connectivity index (χ2n) is 8.44. The van der Waals surface area contributed by atoms with E-state index in [0.29, 0.717) is 18.1 Å². The molecule has 0 amide bonds. The number of pyridine rings is 1. The highest BCUT2D eigenvalue weighted by atomic mass is 16.1. The molecular formula is C22H28N2O. The molecule has 5 rings (SSSR count). The Kier molecular flexibility index (Phi) is 3.74. The first kappa shape index (κ1) is 15.6. The van der Waals surface area contributed by atoms with Crippen molar-refractivity contribution in [1.29, 1.82) is 0 Å². The molecule has 4 aliphatic rings. The van der Waals surface area contributed by atoms with E-state index in [9.17, 15) is 4.79 Å². The SMILES string of the molecule is CN1[C@@H]2CCC[C@H]1C[C@H](n1cc3c4c(c1=O)=CC=CCC=4CCC3)C2. The van der Waals surface area contributed by atoms with E-state index in [1.54, 1.807) is 0 Å². The maximum Gasteiger partial charge on any atom is 0.258 e. The molecule has 2 aliphatic carbocycles. The molecule has 0 radical (unpaired) electrons. The lowest BCUT2D eigenvalue weighted by molar-refractivity contribution is 0.0390. The predicted octanol–water partition coefficient (Wildman–Crippen LogP) is 2.26. The molecule has 132 valence electrons. The van der Waals surface area contributed by atoms with Crippen molar-refractivity contribution in [1.82, 2.24) is 9.47 Å². The second kappa shape index (κ2) is 5.98. The molecule has 0 unspecified atom stereocenters. The zero-order valence-electron chi connectivity index (χ0n) is 15.2. The number of rotatable bonds is 1. The molecule has 3 heterocycles. The molecule has 0 N–H and O–H groups in total. The molecular weight excluding hydrogens is 308 g/mol. The molecule has 3 nitrogen and oxygen atoms in total. The van der Waals surface area contributed by atoms with Crippen molar-refractivity contribution < 1.29 is 0 Å². The van der Waals surface area contributed by atoms with Gasteiger partial charge < -0.3 is 9.47 Å². The van der Waals surface area contributed by atoms with Crippen molar-refractivity contribution >= 4 is 11.6 Å². The minimum absolute atomic E-state index is 0.248. The third kappa shape index (κ3) is 2.47. The van der Waals surface area contributed by atoms with E-state index in [4.69, 9.17) is 0 Å². The summed E-state index contributed by atoms with van der Waals surface area (Å²) in [5.74, 6) is 0. The summed E-state index contributed by atoms with van der Waals surface area (Å²) >= 11 is 0. The second-order valence-corrected chi connectivity index (χ2v) is 8.44. The number of allylic oxidation sites excluding steroid dienone is 2. The summed E-state index contributed by atoms with van der Waals surface area (Å²) in [5.41, 5.74) is 3.14. The fourth-order valence-electron chi connectivity index (χ4n) is 5.75. The van der Waals surface area contributed by atoms with Crippen LogP contribution in [0.5, 0.6) is 0 Å². The lowest BCUT2D eigenvalue weighted by Gasteiger charge is -2.47. The molecule has 0 spiro atoms. The Bertz CT molecular complexity index is 893. The van der Waals surface area contributed by atoms with Crippen LogP contribution in [0.15, 0.2) is 23.1 Å². The standard InChI is InChI=1S/C22H28N2O/c1-23-17-9-5-10-18(23)13-19(12-17)24-14-16-8-4-7-15-6-2-3-11-20(21(15)16)22(24)25/h2-3,11,14,17-19H,4-10,12-13H2,1H3/t17-,18+,19-. The minimum atomic E-state index is 0.248. The summed E-state index contributed by atoms with van der Waals surface area (Å²) in [6, 6.07) is 1.70. The molecule has 2 bridgehead atoms. The third-order valence-electron chi connectivity index (χ3n) is 7.10. The van der Waals surface area contributed by atoms with Gasteiger partial charge in [-0.3, -0.25) is 4.79 Å². The summed E-state index contributed by atoms with van der Waals surface area (Å²) in [6.07, 6.45) is 19.4. The van der Waals surface area contributed by atoms with Gasteiger partial charge in [-0.05, 0) is 75.3 Å². The van der Waals surface area contributed by atoms with Gasteiger partial charge in [0.25, 0.3) is 5.56 Å². The largest absolute Gasteiger partial charge is 0.312 e. The van der Waals surface area contributed by atoms with Crippen LogP contribution in [0, 0.1) is 0 Å². The summed E-state index contributed by atoms with van der Waals surface area (Å²) < 4.78 is 2.13. The van der Waals surface area contributed by atoms with E-state index in [1.165, 1.54) is 42.0 Å². The van der Waals surface area contributed by atoms with E-state index in [0.717, 1.165) is 37.3 Å². The quantitative estimate of drug-likeness (QED) is 0.786. The first-order valence-electron chi connectivity index (χ1n) is 10.1. The van der Waals surface area contributed by atoms with Crippen molar-refractivity contribution in [2.75, 3.05) is 7.05 Å². The van der Waals surface area contributed by atoms with E-state index < -0.39 is 0 Å². The van der Waals surface area contributed by atoms with Crippen molar-refractivity contribution in [3.8, 4) is 0 Å². The highest BCUT2D eigenvalue weighted by Gasteiger charge is 2.37. The molecule has 3 heteroatoms. The van der Waals surface area contributed by atoms with Crippen LogP contribution < -0.4 is 16.0 Å². The molecule has 25 heavy (non-hydrogen) atoms. The van der Waals surface area contributed by atoms with E-state index in [1.807, 2.05) is 0 Å². The van der Waals surface area contributed by atoms with E-state index in [2.05, 4.69) is 40.9 Å². The van der Waals surface area contributed by atoms with Gasteiger partial charge in [0.15, 0.2) is 0 Å². The first-order chi connectivity index (χ1) is 12.2. The van der Waals surface area contributed by atoms with Crippen LogP contribution in [0.4, 0.5) is 0 Å². The number of aromatic nitrogens is 1. The number of hydrogen-bond donors (Lipinski definition) is 0. The van der Waals surface area contributed by atoms with Crippen LogP contribution in [0.2, 0.25) is 0 Å². The number of nitrogens with zero attached hydrogens (tertiary/aromatic N) is 2. The summed E-state index contributed by atoms with van der Waals surface area (Å²) in [4.78, 5) is 16.0. The lowest BCUT2D eigenvalue weighted by atomic mass is 9.82. The van der Waals surface area contributed by atoms with Crippen molar-refractivity contribution in [3.05, 3.63) is 44.7 Å². The number of fused-ring (bicyclic) bond motifs is 2. The summed E-state index contributed by atoms with van der Waals surface area (Å²) in [7, 11) is 2.29. The van der Waals surface area contributed by atoms with Gasteiger partial charge in [0.1, 0.15) is 0 Å². The Hall–Kier alpha value is -1.61. The Labute approximate surface area is 149 Å². The Morgan fingerprint density at radius 1 is 1.04 bits per heavy atom. The topological polar surface area (TPSA) is 25.2 Å². The Morgan fingerprint density at radius 3 is 2.64 bits per heavy atom. The fraction of sp³-hybridized carbons (Fsp3) is 0.591. The maximum atomic E-state index is 13.4. The average Bonchev–Trinajstić information content (AvgIpc) is 2.82. The van der Waals surface area contributed by atoms with E-state index >= 15 is 0 Å². The van der Waals surface area contributed by atoms with Gasteiger partial charge in [0.05, 0.1) is 0 Å². The fourth-order valence-corrected chi connectivity index (χ4v) is 5.75. The number of hydrogen-bond acceptors (Lipinski definition) is 2. The number of piperidine rings is 2. The Morgan fingerprint density at radius 2 is 1.84 bits per heavy atom. The Balaban J connectivity index is 1.66. The minimum Gasteiger partial charge on any atom is -0.312 e. The van der Waals surface area contributed by atoms with Crippen LogP contribution in [0.3, 0.4) is 0 Å². The summed E-state index contributed by atoms with van der Waals surface area (Å²) in [5, 5.41) is 2.26. The first-order valence-corrected chi connectivity index (χ1v) is 10.1. The molecule has 0 saturated carbocycles. The molecule has 3 atom stereocenters. The van der Waals surface area contributed by atoms with Crippen LogP contribution in [0.25, 0.3) is 11.6 Å². The molecule has 2 aliphatic heterocycles. The van der Waals surface area contributed by atoms with Gasteiger partial charge in [-0.2, -0.15) is 0 Å². The molecule has 2 saturated heterocycles. The third-order valence-corrected chi connectivity index (χ3v) is 7.10. The zero-order chi connectivity index (χ0) is 17.0. The van der Waals surface area contributed by atoms with Gasteiger partial charge in [0.2, 0.25) is 0 Å². The molecule has 0 aromatic carbocycles. The normalized spacial score (nSPS) is 31.2. The molecule has 1 aromatic rings. The lowest BCUT2D eigenvalue weighted by Crippen LogP contribution is -2.54. The monoisotopic (exact) mass is 336 g/mol. The van der Waals surface area contributed by atoms with Gasteiger partial charge in [0, 0.05) is 29.5 Å². The maximum absolute atomic E-state index is 13.4. The average molecular weight is 336 g/mol. The predicted molar refractivity (Wildman–Crippen MR) is 102 cm³/mol. The van der Waals surface area contributed by atoms with E-state index in [-0.39, 0.29) is 5.56 Å². The number of aryl methyl sites for hydroxylation is 1. The van der Waals surface area contributed by atoms with Crippen LogP contribution in [0.1, 0.15) is 63.0 Å². The van der Waals surface area contributed by atoms with Crippen molar-refractivity contribution in [2.24, 2.45) is 0 Å². The smallest absolute Gasteiger partial charge is 0.258 e. The van der Waals surface area contributed by atoms with Crippen molar-refractivity contribution in [3.63, 3.8) is 0 Å². The highest BCUT2D eigenvalue weighted by Crippen LogP contribution is 2.37. The highest BCUT2D eigenvalue weighted by molar-refractivity contribution is 5.56. The molecule has 2 fully saturated rings.